The number of aromatic nitrogens is 3. The second-order valence-corrected chi connectivity index (χ2v) is 5.00. The molecule has 0 fully saturated rings. The molecule has 0 unspecified atom stereocenters. The summed E-state index contributed by atoms with van der Waals surface area (Å²) in [4.78, 5) is 16.0. The molecule has 24 heavy (non-hydrogen) atoms. The van der Waals surface area contributed by atoms with Gasteiger partial charge < -0.3 is 10.1 Å². The first-order chi connectivity index (χ1) is 11.7. The zero-order valence-corrected chi connectivity index (χ0v) is 12.7. The summed E-state index contributed by atoms with van der Waals surface area (Å²) in [6.07, 6.45) is 3.08. The zero-order valence-electron chi connectivity index (χ0n) is 12.7. The lowest BCUT2D eigenvalue weighted by Gasteiger charge is -2.09. The summed E-state index contributed by atoms with van der Waals surface area (Å²) in [6.45, 7) is 1.00. The van der Waals surface area contributed by atoms with Gasteiger partial charge in [0, 0.05) is 17.3 Å². The number of amides is 1. The van der Waals surface area contributed by atoms with Gasteiger partial charge in [-0.25, -0.2) is 14.1 Å². The largest absolute Gasteiger partial charge is 0.492 e. The highest BCUT2D eigenvalue weighted by atomic mass is 19.1. The Balaban J connectivity index is 1.58. The fourth-order valence-corrected chi connectivity index (χ4v) is 2.07. The average molecular weight is 326 g/mol. The molecule has 3 rings (SSSR count). The van der Waals surface area contributed by atoms with E-state index in [0.29, 0.717) is 30.2 Å². The van der Waals surface area contributed by atoms with Crippen LogP contribution in [0.25, 0.3) is 0 Å². The molecule has 1 N–H and O–H groups in total. The third-order valence-electron chi connectivity index (χ3n) is 3.25. The first-order valence-corrected chi connectivity index (χ1v) is 7.33. The fraction of sp³-hybridized carbons (Fsp3) is 0.118. The van der Waals surface area contributed by atoms with Gasteiger partial charge in [0.1, 0.15) is 30.8 Å². The van der Waals surface area contributed by atoms with Gasteiger partial charge >= 0.3 is 0 Å². The summed E-state index contributed by atoms with van der Waals surface area (Å²) in [5.74, 6) is -0.0592. The molecule has 1 amide bonds. The van der Waals surface area contributed by atoms with Gasteiger partial charge in [-0.1, -0.05) is 6.07 Å². The Morgan fingerprint density at radius 2 is 2.04 bits per heavy atom. The quantitative estimate of drug-likeness (QED) is 0.756. The van der Waals surface area contributed by atoms with Gasteiger partial charge in [0.2, 0.25) is 0 Å². The number of hydrogen-bond acceptors (Lipinski definition) is 4. The molecule has 0 aliphatic rings. The SMILES string of the molecule is O=C(Nc1cccc(OCCn2cncn2)c1)c1ccc(F)cc1. The van der Waals surface area contributed by atoms with E-state index in [0.717, 1.165) is 0 Å². The molecule has 6 nitrogen and oxygen atoms in total. The van der Waals surface area contributed by atoms with Gasteiger partial charge in [0.05, 0.1) is 6.54 Å². The summed E-state index contributed by atoms with van der Waals surface area (Å²) >= 11 is 0. The first kappa shape index (κ1) is 15.7. The summed E-state index contributed by atoms with van der Waals surface area (Å²) in [5, 5.41) is 6.74. The van der Waals surface area contributed by atoms with Crippen molar-refractivity contribution in [1.82, 2.24) is 14.8 Å². The monoisotopic (exact) mass is 326 g/mol. The minimum absolute atomic E-state index is 0.310. The molecule has 2 aromatic carbocycles. The highest BCUT2D eigenvalue weighted by Gasteiger charge is 2.07. The summed E-state index contributed by atoms with van der Waals surface area (Å²) in [7, 11) is 0. The molecule has 0 radical (unpaired) electrons. The lowest BCUT2D eigenvalue weighted by atomic mass is 10.2. The van der Waals surface area contributed by atoms with Crippen LogP contribution >= 0.6 is 0 Å². The van der Waals surface area contributed by atoms with E-state index in [2.05, 4.69) is 15.4 Å². The van der Waals surface area contributed by atoms with Crippen LogP contribution in [0.15, 0.2) is 61.2 Å². The van der Waals surface area contributed by atoms with Crippen molar-refractivity contribution in [3.63, 3.8) is 0 Å². The number of anilines is 1. The van der Waals surface area contributed by atoms with Gasteiger partial charge in [0.15, 0.2) is 0 Å². The van der Waals surface area contributed by atoms with Gasteiger partial charge in [-0.05, 0) is 36.4 Å². The van der Waals surface area contributed by atoms with Crippen LogP contribution in [0.5, 0.6) is 5.75 Å². The van der Waals surface area contributed by atoms with Gasteiger partial charge in [0.25, 0.3) is 5.91 Å². The summed E-state index contributed by atoms with van der Waals surface area (Å²) in [5.41, 5.74) is 0.983. The number of ether oxygens (including phenoxy) is 1. The van der Waals surface area contributed by atoms with Crippen LogP contribution in [0, 0.1) is 5.82 Å². The van der Waals surface area contributed by atoms with Crippen LogP contribution in [0.3, 0.4) is 0 Å². The van der Waals surface area contributed by atoms with Crippen molar-refractivity contribution in [3.8, 4) is 5.75 Å². The number of nitrogens with zero attached hydrogens (tertiary/aromatic N) is 3. The van der Waals surface area contributed by atoms with Crippen molar-refractivity contribution >= 4 is 11.6 Å². The van der Waals surface area contributed by atoms with E-state index in [4.69, 9.17) is 4.74 Å². The number of benzene rings is 2. The molecular formula is C17H15FN4O2. The van der Waals surface area contributed by atoms with Gasteiger partial charge in [-0.3, -0.25) is 4.79 Å². The normalized spacial score (nSPS) is 10.4. The maximum absolute atomic E-state index is 12.9. The van der Waals surface area contributed by atoms with E-state index < -0.39 is 0 Å². The van der Waals surface area contributed by atoms with Crippen LogP contribution in [0.4, 0.5) is 10.1 Å². The average Bonchev–Trinajstić information content (AvgIpc) is 3.09. The van der Waals surface area contributed by atoms with E-state index in [1.54, 1.807) is 35.3 Å². The molecule has 0 spiro atoms. The molecule has 1 heterocycles. The Hall–Kier alpha value is -3.22. The highest BCUT2D eigenvalue weighted by Crippen LogP contribution is 2.18. The van der Waals surface area contributed by atoms with Crippen LogP contribution in [-0.4, -0.2) is 27.3 Å². The third-order valence-corrected chi connectivity index (χ3v) is 3.25. The minimum atomic E-state index is -0.380. The van der Waals surface area contributed by atoms with Crippen LogP contribution in [0.2, 0.25) is 0 Å². The summed E-state index contributed by atoms with van der Waals surface area (Å²) in [6, 6.07) is 12.4. The van der Waals surface area contributed by atoms with E-state index in [1.807, 2.05) is 0 Å². The van der Waals surface area contributed by atoms with E-state index in [-0.39, 0.29) is 11.7 Å². The van der Waals surface area contributed by atoms with Crippen molar-refractivity contribution < 1.29 is 13.9 Å². The number of carbonyl (C=O) groups is 1. The van der Waals surface area contributed by atoms with Crippen molar-refractivity contribution in [2.45, 2.75) is 6.54 Å². The Kier molecular flexibility index (Phi) is 4.81. The zero-order chi connectivity index (χ0) is 16.8. The molecule has 0 atom stereocenters. The molecule has 1 aromatic heterocycles. The number of hydrogen-bond donors (Lipinski definition) is 1. The molecule has 0 saturated heterocycles. The topological polar surface area (TPSA) is 69.0 Å². The predicted molar refractivity (Wildman–Crippen MR) is 86.3 cm³/mol. The molecule has 0 bridgehead atoms. The maximum Gasteiger partial charge on any atom is 0.255 e. The fourth-order valence-electron chi connectivity index (χ4n) is 2.07. The van der Waals surface area contributed by atoms with Gasteiger partial charge in [-0.15, -0.1) is 0 Å². The second kappa shape index (κ2) is 7.36. The highest BCUT2D eigenvalue weighted by molar-refractivity contribution is 6.04. The standard InChI is InChI=1S/C17H15FN4O2/c18-14-6-4-13(5-7-14)17(23)21-15-2-1-3-16(10-15)24-9-8-22-12-19-11-20-22/h1-7,10-12H,8-9H2,(H,21,23). The van der Waals surface area contributed by atoms with Crippen molar-refractivity contribution in [2.75, 3.05) is 11.9 Å². The number of halogens is 1. The lowest BCUT2D eigenvalue weighted by Crippen LogP contribution is -2.12. The van der Waals surface area contributed by atoms with E-state index in [1.165, 1.54) is 30.6 Å². The van der Waals surface area contributed by atoms with Crippen LogP contribution in [0.1, 0.15) is 10.4 Å². The van der Waals surface area contributed by atoms with Crippen molar-refractivity contribution in [1.29, 1.82) is 0 Å². The van der Waals surface area contributed by atoms with Gasteiger partial charge in [-0.2, -0.15) is 5.10 Å². The maximum atomic E-state index is 12.9. The number of carbonyl (C=O) groups excluding carboxylic acids is 1. The first-order valence-electron chi connectivity index (χ1n) is 7.33. The van der Waals surface area contributed by atoms with Crippen LogP contribution in [-0.2, 0) is 6.54 Å². The lowest BCUT2D eigenvalue weighted by molar-refractivity contribution is 0.102. The Bertz CT molecular complexity index is 804. The molecule has 0 aliphatic carbocycles. The molecule has 7 heteroatoms. The molecule has 0 saturated carbocycles. The smallest absolute Gasteiger partial charge is 0.255 e. The summed E-state index contributed by atoms with van der Waals surface area (Å²) < 4.78 is 20.2. The Morgan fingerprint density at radius 3 is 2.79 bits per heavy atom. The minimum Gasteiger partial charge on any atom is -0.492 e. The molecule has 0 aliphatic heterocycles. The van der Waals surface area contributed by atoms with Crippen molar-refractivity contribution in [2.24, 2.45) is 0 Å². The Labute approximate surface area is 137 Å². The van der Waals surface area contributed by atoms with E-state index in [9.17, 15) is 9.18 Å². The molecule has 3 aromatic rings. The van der Waals surface area contributed by atoms with E-state index >= 15 is 0 Å². The van der Waals surface area contributed by atoms with Crippen molar-refractivity contribution in [3.05, 3.63) is 72.6 Å². The van der Waals surface area contributed by atoms with Crippen LogP contribution < -0.4 is 10.1 Å². The second-order valence-electron chi connectivity index (χ2n) is 5.00. The molecule has 122 valence electrons. The molecular weight excluding hydrogens is 311 g/mol. The third kappa shape index (κ3) is 4.16. The number of nitrogens with one attached hydrogen (secondary N) is 1. The number of rotatable bonds is 6. The Morgan fingerprint density at radius 1 is 1.21 bits per heavy atom. The predicted octanol–water partition coefficient (Wildman–Crippen LogP) is 2.75.